The van der Waals surface area contributed by atoms with Gasteiger partial charge in [0.25, 0.3) is 0 Å². The first-order chi connectivity index (χ1) is 19.3. The SMILES string of the molecule is CCCCCCCCC=CC(=O)OCC(C)CCC[C@@H](C)[C@H]1CC[C@H]2[C@@H]3CCC4CCCC[C@]4(C)[C@H]3CC[C@]12C. The lowest BCUT2D eigenvalue weighted by molar-refractivity contribution is -0.139. The highest BCUT2D eigenvalue weighted by molar-refractivity contribution is 5.81. The molecule has 4 fully saturated rings. The molecule has 40 heavy (non-hydrogen) atoms. The maximum Gasteiger partial charge on any atom is 0.330 e. The maximum absolute atomic E-state index is 12.1. The number of ether oxygens (including phenoxy) is 1. The van der Waals surface area contributed by atoms with Crippen molar-refractivity contribution in [2.24, 2.45) is 52.3 Å². The zero-order chi connectivity index (χ0) is 28.6. The monoisotopic (exact) mass is 555 g/mol. The summed E-state index contributed by atoms with van der Waals surface area (Å²) in [5.74, 6) is 6.11. The lowest BCUT2D eigenvalue weighted by atomic mass is 9.44. The highest BCUT2D eigenvalue weighted by Crippen LogP contribution is 2.68. The van der Waals surface area contributed by atoms with Crippen LogP contribution in [0, 0.1) is 52.3 Å². The molecule has 0 aromatic carbocycles. The van der Waals surface area contributed by atoms with E-state index in [0.29, 0.717) is 23.4 Å². The Labute approximate surface area is 249 Å². The van der Waals surface area contributed by atoms with Gasteiger partial charge >= 0.3 is 5.97 Å². The number of fused-ring (bicyclic) bond motifs is 5. The smallest absolute Gasteiger partial charge is 0.330 e. The van der Waals surface area contributed by atoms with Crippen molar-refractivity contribution in [1.82, 2.24) is 0 Å². The Bertz CT molecular complexity index is 801. The second-order valence-corrected chi connectivity index (χ2v) is 15.7. The molecule has 0 spiro atoms. The predicted molar refractivity (Wildman–Crippen MR) is 170 cm³/mol. The van der Waals surface area contributed by atoms with Crippen LogP contribution in [-0.4, -0.2) is 12.6 Å². The molecular weight excluding hydrogens is 488 g/mol. The number of carbonyl (C=O) groups excluding carboxylic acids is 1. The molecule has 2 unspecified atom stereocenters. The van der Waals surface area contributed by atoms with Gasteiger partial charge in [0.05, 0.1) is 6.61 Å². The summed E-state index contributed by atoms with van der Waals surface area (Å²) in [5, 5.41) is 0. The molecule has 4 rings (SSSR count). The number of esters is 1. The van der Waals surface area contributed by atoms with Gasteiger partial charge in [0.15, 0.2) is 0 Å². The van der Waals surface area contributed by atoms with Crippen LogP contribution in [0.3, 0.4) is 0 Å². The molecule has 0 aliphatic heterocycles. The van der Waals surface area contributed by atoms with E-state index >= 15 is 0 Å². The van der Waals surface area contributed by atoms with Crippen LogP contribution in [0.15, 0.2) is 12.2 Å². The number of rotatable bonds is 15. The van der Waals surface area contributed by atoms with E-state index in [2.05, 4.69) is 34.6 Å². The largest absolute Gasteiger partial charge is 0.462 e. The van der Waals surface area contributed by atoms with Gasteiger partial charge in [0.2, 0.25) is 0 Å². The zero-order valence-electron chi connectivity index (χ0n) is 27.4. The Balaban J connectivity index is 1.14. The highest BCUT2D eigenvalue weighted by Gasteiger charge is 2.60. The molecule has 0 saturated heterocycles. The van der Waals surface area contributed by atoms with Gasteiger partial charge in [-0.1, -0.05) is 98.5 Å². The van der Waals surface area contributed by atoms with Crippen LogP contribution in [0.1, 0.15) is 163 Å². The second-order valence-electron chi connectivity index (χ2n) is 15.7. The molecule has 0 heterocycles. The van der Waals surface area contributed by atoms with Crippen LogP contribution in [-0.2, 0) is 9.53 Å². The standard InChI is InChI=1S/C38H66O2/c1-6-7-8-9-10-11-12-13-20-36(39)40-28-29(2)17-16-18-30(3)33-23-24-34-32-22-21-31-19-14-15-26-37(31,4)35(32)25-27-38(33,34)5/h13,20,29-35H,6-12,14-19,21-28H2,1-5H3/t29?,30-,31?,32+,33-,34+,35+,37+,38-/m1/s1. The van der Waals surface area contributed by atoms with E-state index in [1.807, 2.05) is 6.08 Å². The quantitative estimate of drug-likeness (QED) is 0.114. The summed E-state index contributed by atoms with van der Waals surface area (Å²) in [6.45, 7) is 13.1. The number of carbonyl (C=O) groups is 1. The molecule has 0 N–H and O–H groups in total. The molecule has 230 valence electrons. The van der Waals surface area contributed by atoms with Crippen LogP contribution in [0.5, 0.6) is 0 Å². The number of hydrogen-bond acceptors (Lipinski definition) is 2. The average molecular weight is 555 g/mol. The van der Waals surface area contributed by atoms with E-state index in [1.165, 1.54) is 122 Å². The Kier molecular flexibility index (Phi) is 12.1. The summed E-state index contributed by atoms with van der Waals surface area (Å²) in [6, 6.07) is 0. The van der Waals surface area contributed by atoms with Crippen molar-refractivity contribution in [3.05, 3.63) is 12.2 Å². The lowest BCUT2D eigenvalue weighted by Crippen LogP contribution is -2.53. The van der Waals surface area contributed by atoms with Crippen LogP contribution in [0.2, 0.25) is 0 Å². The summed E-state index contributed by atoms with van der Waals surface area (Å²) in [5.41, 5.74) is 1.25. The normalized spacial score (nSPS) is 37.0. The van der Waals surface area contributed by atoms with Crippen molar-refractivity contribution < 1.29 is 9.53 Å². The molecule has 9 atom stereocenters. The highest BCUT2D eigenvalue weighted by atomic mass is 16.5. The molecule has 2 nitrogen and oxygen atoms in total. The molecule has 4 saturated carbocycles. The van der Waals surface area contributed by atoms with Gasteiger partial charge in [-0.15, -0.1) is 0 Å². The number of unbranched alkanes of at least 4 members (excludes halogenated alkanes) is 6. The third-order valence-corrected chi connectivity index (χ3v) is 13.2. The number of allylic oxidation sites excluding steroid dienone is 1. The maximum atomic E-state index is 12.1. The van der Waals surface area contributed by atoms with Gasteiger partial charge in [0.1, 0.15) is 0 Å². The van der Waals surface area contributed by atoms with Crippen molar-refractivity contribution in [2.45, 2.75) is 163 Å². The van der Waals surface area contributed by atoms with Gasteiger partial charge in [-0.3, -0.25) is 0 Å². The summed E-state index contributed by atoms with van der Waals surface area (Å²) in [4.78, 5) is 12.1. The second kappa shape index (κ2) is 15.1. The van der Waals surface area contributed by atoms with E-state index in [0.717, 1.165) is 41.9 Å². The first-order valence-electron chi connectivity index (χ1n) is 18.1. The Morgan fingerprint density at radius 3 is 2.42 bits per heavy atom. The van der Waals surface area contributed by atoms with E-state index < -0.39 is 0 Å². The molecule has 0 radical (unpaired) electrons. The van der Waals surface area contributed by atoms with E-state index in [4.69, 9.17) is 4.74 Å². The van der Waals surface area contributed by atoms with E-state index in [1.54, 1.807) is 6.08 Å². The third kappa shape index (κ3) is 7.58. The lowest BCUT2D eigenvalue weighted by Gasteiger charge is -2.61. The van der Waals surface area contributed by atoms with Crippen molar-refractivity contribution in [3.8, 4) is 0 Å². The topological polar surface area (TPSA) is 26.3 Å². The minimum Gasteiger partial charge on any atom is -0.462 e. The summed E-state index contributed by atoms with van der Waals surface area (Å²) >= 11 is 0. The summed E-state index contributed by atoms with van der Waals surface area (Å²) in [7, 11) is 0. The molecule has 0 amide bonds. The minimum absolute atomic E-state index is 0.150. The van der Waals surface area contributed by atoms with Crippen molar-refractivity contribution >= 4 is 5.97 Å². The van der Waals surface area contributed by atoms with Crippen molar-refractivity contribution in [3.63, 3.8) is 0 Å². The van der Waals surface area contributed by atoms with E-state index in [-0.39, 0.29) is 5.97 Å². The van der Waals surface area contributed by atoms with Crippen LogP contribution < -0.4 is 0 Å². The Hall–Kier alpha value is -0.790. The fraction of sp³-hybridized carbons (Fsp3) is 0.921. The first kappa shape index (κ1) is 32.1. The van der Waals surface area contributed by atoms with Crippen LogP contribution in [0.4, 0.5) is 0 Å². The van der Waals surface area contributed by atoms with Gasteiger partial charge in [-0.25, -0.2) is 4.79 Å². The average Bonchev–Trinajstić information content (AvgIpc) is 3.30. The summed E-state index contributed by atoms with van der Waals surface area (Å²) in [6.07, 6.45) is 31.3. The Morgan fingerprint density at radius 1 is 0.825 bits per heavy atom. The molecule has 2 heteroatoms. The Morgan fingerprint density at radius 2 is 1.60 bits per heavy atom. The van der Waals surface area contributed by atoms with E-state index in [9.17, 15) is 4.79 Å². The van der Waals surface area contributed by atoms with Crippen LogP contribution in [0.25, 0.3) is 0 Å². The molecule has 4 aliphatic carbocycles. The molecular formula is C38H66O2. The minimum atomic E-state index is -0.150. The fourth-order valence-electron chi connectivity index (χ4n) is 10.8. The number of hydrogen-bond donors (Lipinski definition) is 0. The fourth-order valence-corrected chi connectivity index (χ4v) is 10.8. The molecule has 0 bridgehead atoms. The summed E-state index contributed by atoms with van der Waals surface area (Å²) < 4.78 is 5.58. The first-order valence-corrected chi connectivity index (χ1v) is 18.1. The molecule has 0 aromatic rings. The zero-order valence-corrected chi connectivity index (χ0v) is 27.4. The van der Waals surface area contributed by atoms with Crippen molar-refractivity contribution in [1.29, 1.82) is 0 Å². The van der Waals surface area contributed by atoms with Gasteiger partial charge < -0.3 is 4.74 Å². The van der Waals surface area contributed by atoms with Crippen molar-refractivity contribution in [2.75, 3.05) is 6.61 Å². The van der Waals surface area contributed by atoms with Gasteiger partial charge in [-0.2, -0.15) is 0 Å². The van der Waals surface area contributed by atoms with Gasteiger partial charge in [-0.05, 0) is 123 Å². The van der Waals surface area contributed by atoms with Gasteiger partial charge in [0, 0.05) is 6.08 Å². The molecule has 0 aromatic heterocycles. The molecule has 4 aliphatic rings. The predicted octanol–water partition coefficient (Wildman–Crippen LogP) is 11.3. The third-order valence-electron chi connectivity index (χ3n) is 13.2. The van der Waals surface area contributed by atoms with Crippen LogP contribution >= 0.6 is 0 Å².